The number of rotatable bonds is 4. The van der Waals surface area contributed by atoms with Gasteiger partial charge in [0, 0.05) is 0 Å². The van der Waals surface area contributed by atoms with Gasteiger partial charge in [0.2, 0.25) is 0 Å². The van der Waals surface area contributed by atoms with Gasteiger partial charge in [0.25, 0.3) is 5.91 Å². The third kappa shape index (κ3) is 3.23. The molecule has 0 aliphatic heterocycles. The molecule has 104 valence electrons. The third-order valence-corrected chi connectivity index (χ3v) is 4.40. The van der Waals surface area contributed by atoms with Crippen LogP contribution in [0.25, 0.3) is 11.1 Å². The van der Waals surface area contributed by atoms with Crippen molar-refractivity contribution in [3.8, 4) is 11.1 Å². The van der Waals surface area contributed by atoms with Crippen molar-refractivity contribution in [2.24, 2.45) is 0 Å². The van der Waals surface area contributed by atoms with Crippen molar-refractivity contribution in [3.05, 3.63) is 54.6 Å². The van der Waals surface area contributed by atoms with Gasteiger partial charge in [0.1, 0.15) is 5.75 Å². The second kappa shape index (κ2) is 5.85. The molecule has 0 aromatic heterocycles. The minimum absolute atomic E-state index is 0.0424. The second-order valence-corrected chi connectivity index (χ2v) is 6.17. The molecule has 0 heterocycles. The molecular weight excluding hydrogens is 278 g/mol. The highest BCUT2D eigenvalue weighted by Crippen LogP contribution is 2.21. The van der Waals surface area contributed by atoms with Crippen LogP contribution in [-0.4, -0.2) is 25.3 Å². The van der Waals surface area contributed by atoms with Crippen LogP contribution in [0.5, 0.6) is 0 Å². The van der Waals surface area contributed by atoms with E-state index in [4.69, 9.17) is 5.21 Å². The molecule has 5 nitrogen and oxygen atoms in total. The first-order valence-electron chi connectivity index (χ1n) is 5.84. The molecule has 1 amide bonds. The van der Waals surface area contributed by atoms with Gasteiger partial charge < -0.3 is 0 Å². The molecule has 0 saturated carbocycles. The van der Waals surface area contributed by atoms with Gasteiger partial charge in [-0.05, 0) is 23.3 Å². The predicted octanol–water partition coefficient (Wildman–Crippen LogP) is 1.63. The summed E-state index contributed by atoms with van der Waals surface area (Å²) in [6, 6.07) is 15.8. The number of hydrogen-bond acceptors (Lipinski definition) is 4. The summed E-state index contributed by atoms with van der Waals surface area (Å²) in [4.78, 5) is 11.0. The van der Waals surface area contributed by atoms with E-state index < -0.39 is 21.5 Å². The summed E-state index contributed by atoms with van der Waals surface area (Å²) in [6.07, 6.45) is 0. The fourth-order valence-corrected chi connectivity index (χ4v) is 2.90. The highest BCUT2D eigenvalue weighted by atomic mass is 32.2. The maximum atomic E-state index is 11.9. The molecule has 0 aliphatic carbocycles. The van der Waals surface area contributed by atoms with Crippen LogP contribution in [0.4, 0.5) is 0 Å². The van der Waals surface area contributed by atoms with Gasteiger partial charge in [-0.3, -0.25) is 10.0 Å². The number of nitrogens with one attached hydrogen (secondary N) is 1. The van der Waals surface area contributed by atoms with Crippen LogP contribution in [0.15, 0.2) is 59.5 Å². The molecule has 0 fully saturated rings. The number of carbonyl (C=O) groups is 1. The lowest BCUT2D eigenvalue weighted by atomic mass is 10.1. The van der Waals surface area contributed by atoms with E-state index in [0.717, 1.165) is 11.1 Å². The zero-order chi connectivity index (χ0) is 14.6. The maximum absolute atomic E-state index is 11.9. The van der Waals surface area contributed by atoms with Crippen LogP contribution in [0.2, 0.25) is 0 Å². The average molecular weight is 291 g/mol. The lowest BCUT2D eigenvalue weighted by Crippen LogP contribution is -2.27. The summed E-state index contributed by atoms with van der Waals surface area (Å²) < 4.78 is 23.8. The molecule has 2 N–H and O–H groups in total. The van der Waals surface area contributed by atoms with E-state index in [9.17, 15) is 13.2 Å². The van der Waals surface area contributed by atoms with Gasteiger partial charge >= 0.3 is 0 Å². The molecule has 0 atom stereocenters. The highest BCUT2D eigenvalue weighted by molar-refractivity contribution is 7.92. The monoisotopic (exact) mass is 291 g/mol. The fourth-order valence-electron chi connectivity index (χ4n) is 1.77. The molecule has 0 bridgehead atoms. The Balaban J connectivity index is 2.27. The van der Waals surface area contributed by atoms with Crippen molar-refractivity contribution in [1.82, 2.24) is 5.48 Å². The first-order chi connectivity index (χ1) is 9.53. The minimum atomic E-state index is -3.74. The highest BCUT2D eigenvalue weighted by Gasteiger charge is 2.18. The van der Waals surface area contributed by atoms with E-state index in [0.29, 0.717) is 0 Å². The summed E-state index contributed by atoms with van der Waals surface area (Å²) in [7, 11) is -3.74. The Labute approximate surface area is 116 Å². The van der Waals surface area contributed by atoms with E-state index in [-0.39, 0.29) is 4.90 Å². The smallest absolute Gasteiger partial charge is 0.258 e. The Morgan fingerprint density at radius 3 is 2.05 bits per heavy atom. The van der Waals surface area contributed by atoms with Crippen LogP contribution in [-0.2, 0) is 14.6 Å². The fraction of sp³-hybridized carbons (Fsp3) is 0.0714. The van der Waals surface area contributed by atoms with Crippen molar-refractivity contribution >= 4 is 15.7 Å². The van der Waals surface area contributed by atoms with Gasteiger partial charge in [-0.15, -0.1) is 0 Å². The normalized spacial score (nSPS) is 11.1. The Bertz CT molecular complexity index is 694. The van der Waals surface area contributed by atoms with Gasteiger partial charge in [-0.2, -0.15) is 0 Å². The first-order valence-corrected chi connectivity index (χ1v) is 7.49. The van der Waals surface area contributed by atoms with Gasteiger partial charge in [0.05, 0.1) is 4.90 Å². The molecular formula is C14H13NO4S. The average Bonchev–Trinajstić information content (AvgIpc) is 2.48. The summed E-state index contributed by atoms with van der Waals surface area (Å²) >= 11 is 0. The lowest BCUT2D eigenvalue weighted by Gasteiger charge is -2.05. The van der Waals surface area contributed by atoms with E-state index in [2.05, 4.69) is 0 Å². The maximum Gasteiger partial charge on any atom is 0.258 e. The van der Waals surface area contributed by atoms with Crippen molar-refractivity contribution < 1.29 is 18.4 Å². The van der Waals surface area contributed by atoms with Crippen LogP contribution in [0.1, 0.15) is 0 Å². The third-order valence-electron chi connectivity index (χ3n) is 2.77. The summed E-state index contributed by atoms with van der Waals surface area (Å²) in [5.41, 5.74) is 3.17. The summed E-state index contributed by atoms with van der Waals surface area (Å²) in [5.74, 6) is -1.74. The summed E-state index contributed by atoms with van der Waals surface area (Å²) in [5, 5.41) is 8.37. The standard InChI is InChI=1S/C14H13NO4S/c16-14(15-17)10-20(18,19)13-8-6-12(7-9-13)11-4-2-1-3-5-11/h1-9,17H,10H2,(H,15,16). The Morgan fingerprint density at radius 1 is 0.950 bits per heavy atom. The van der Waals surface area contributed by atoms with Crippen LogP contribution >= 0.6 is 0 Å². The molecule has 6 heteroatoms. The lowest BCUT2D eigenvalue weighted by molar-refractivity contribution is -0.126. The number of carbonyl (C=O) groups excluding carboxylic acids is 1. The molecule has 0 radical (unpaired) electrons. The van der Waals surface area contributed by atoms with Gasteiger partial charge in [0.15, 0.2) is 9.84 Å². The van der Waals surface area contributed by atoms with E-state index >= 15 is 0 Å². The first kappa shape index (κ1) is 14.2. The molecule has 0 unspecified atom stereocenters. The summed E-state index contributed by atoms with van der Waals surface area (Å²) in [6.45, 7) is 0. The zero-order valence-corrected chi connectivity index (χ0v) is 11.3. The van der Waals surface area contributed by atoms with E-state index in [1.165, 1.54) is 17.6 Å². The SMILES string of the molecule is O=C(CS(=O)(=O)c1ccc(-c2ccccc2)cc1)NO. The van der Waals surface area contributed by atoms with Gasteiger partial charge in [-0.1, -0.05) is 42.5 Å². The van der Waals surface area contributed by atoms with Crippen LogP contribution in [0, 0.1) is 0 Å². The number of hydroxylamine groups is 1. The molecule has 2 aromatic carbocycles. The number of sulfone groups is 1. The quantitative estimate of drug-likeness (QED) is 0.662. The number of benzene rings is 2. The van der Waals surface area contributed by atoms with Crippen LogP contribution in [0.3, 0.4) is 0 Å². The van der Waals surface area contributed by atoms with E-state index in [1.807, 2.05) is 30.3 Å². The largest absolute Gasteiger partial charge is 0.289 e. The van der Waals surface area contributed by atoms with Gasteiger partial charge in [-0.25, -0.2) is 13.9 Å². The topological polar surface area (TPSA) is 83.5 Å². The Morgan fingerprint density at radius 2 is 1.50 bits per heavy atom. The Hall–Kier alpha value is -2.18. The van der Waals surface area contributed by atoms with Crippen molar-refractivity contribution in [3.63, 3.8) is 0 Å². The molecule has 2 rings (SSSR count). The van der Waals surface area contributed by atoms with Crippen molar-refractivity contribution in [1.29, 1.82) is 0 Å². The second-order valence-electron chi connectivity index (χ2n) is 4.18. The number of amides is 1. The minimum Gasteiger partial charge on any atom is -0.289 e. The molecule has 2 aromatic rings. The Kier molecular flexibility index (Phi) is 4.16. The van der Waals surface area contributed by atoms with Crippen molar-refractivity contribution in [2.45, 2.75) is 4.90 Å². The zero-order valence-electron chi connectivity index (χ0n) is 10.5. The van der Waals surface area contributed by atoms with E-state index in [1.54, 1.807) is 12.1 Å². The van der Waals surface area contributed by atoms with Crippen LogP contribution < -0.4 is 5.48 Å². The predicted molar refractivity (Wildman–Crippen MR) is 73.9 cm³/mol. The molecule has 20 heavy (non-hydrogen) atoms. The molecule has 0 aliphatic rings. The number of hydrogen-bond donors (Lipinski definition) is 2. The van der Waals surface area contributed by atoms with Crippen molar-refractivity contribution in [2.75, 3.05) is 5.75 Å². The molecule has 0 spiro atoms. The molecule has 0 saturated heterocycles.